The summed E-state index contributed by atoms with van der Waals surface area (Å²) in [6, 6.07) is 6.29. The summed E-state index contributed by atoms with van der Waals surface area (Å²) in [6.45, 7) is 0. The van der Waals surface area contributed by atoms with Gasteiger partial charge in [-0.2, -0.15) is 0 Å². The average Bonchev–Trinajstić information content (AvgIpc) is 2.05. The first-order valence-corrected chi connectivity index (χ1v) is 4.05. The van der Waals surface area contributed by atoms with Gasteiger partial charge in [-0.05, 0) is 29.3 Å². The van der Waals surface area contributed by atoms with Crippen LogP contribution in [0.15, 0.2) is 29.2 Å². The Morgan fingerprint density at radius 2 is 2.17 bits per heavy atom. The van der Waals surface area contributed by atoms with Crippen molar-refractivity contribution in [3.63, 3.8) is 0 Å². The Balaban J connectivity index is 0.00000121. The van der Waals surface area contributed by atoms with Crippen molar-refractivity contribution in [3.05, 3.63) is 24.3 Å². The fraction of sp³-hybridized carbons (Fsp3) is 0.143. The van der Waals surface area contributed by atoms with E-state index in [9.17, 15) is 8.76 Å². The molecule has 0 aliphatic heterocycles. The van der Waals surface area contributed by atoms with E-state index in [-0.39, 0.29) is 56.3 Å². The molecule has 0 saturated carbocycles. The van der Waals surface area contributed by atoms with Crippen LogP contribution in [0.25, 0.3) is 0 Å². The topological polar surface area (TPSA) is 49.4 Å². The quantitative estimate of drug-likeness (QED) is 0.416. The Bertz CT molecular complexity index is 277. The molecule has 1 rings (SSSR count). The molecule has 12 heavy (non-hydrogen) atoms. The van der Waals surface area contributed by atoms with Gasteiger partial charge in [0.15, 0.2) is 0 Å². The van der Waals surface area contributed by atoms with Crippen LogP contribution in [0.1, 0.15) is 0 Å². The van der Waals surface area contributed by atoms with Crippen molar-refractivity contribution in [2.75, 3.05) is 7.11 Å². The van der Waals surface area contributed by atoms with Crippen LogP contribution in [-0.2, 0) is 11.1 Å². The van der Waals surface area contributed by atoms with E-state index in [0.717, 1.165) is 0 Å². The normalized spacial score (nSPS) is 11.5. The minimum Gasteiger partial charge on any atom is -0.768 e. The molecule has 0 bridgehead atoms. The molecule has 0 spiro atoms. The second-order valence-corrected chi connectivity index (χ2v) is 2.85. The summed E-state index contributed by atoms with van der Waals surface area (Å²) in [5.74, 6) is 0.548. The predicted molar refractivity (Wildman–Crippen MR) is 40.2 cm³/mol. The summed E-state index contributed by atoms with van der Waals surface area (Å²) < 4.78 is 25.7. The van der Waals surface area contributed by atoms with Crippen molar-refractivity contribution in [2.24, 2.45) is 0 Å². The van der Waals surface area contributed by atoms with E-state index in [1.807, 2.05) is 0 Å². The van der Waals surface area contributed by atoms with E-state index in [1.165, 1.54) is 19.2 Å². The van der Waals surface area contributed by atoms with E-state index >= 15 is 0 Å². The molecule has 1 atom stereocenters. The maximum Gasteiger partial charge on any atom is 1.00 e. The van der Waals surface area contributed by atoms with Gasteiger partial charge in [-0.25, -0.2) is 0 Å². The van der Waals surface area contributed by atoms with Gasteiger partial charge in [0.05, 0.1) is 7.11 Å². The van der Waals surface area contributed by atoms with Crippen LogP contribution in [-0.4, -0.2) is 15.9 Å². The zero-order chi connectivity index (χ0) is 8.27. The number of benzene rings is 1. The van der Waals surface area contributed by atoms with E-state index in [4.69, 9.17) is 4.74 Å². The fourth-order valence-corrected chi connectivity index (χ4v) is 1.11. The maximum atomic E-state index is 10.4. The van der Waals surface area contributed by atoms with Crippen LogP contribution in [0.2, 0.25) is 0 Å². The molecule has 0 N–H and O–H groups in total. The van der Waals surface area contributed by atoms with Crippen molar-refractivity contribution in [3.8, 4) is 5.75 Å². The molecule has 0 radical (unpaired) electrons. The Labute approximate surface area is 116 Å². The predicted octanol–water partition coefficient (Wildman–Crippen LogP) is -2.06. The third kappa shape index (κ3) is 3.65. The van der Waals surface area contributed by atoms with Crippen LogP contribution < -0.4 is 56.1 Å². The minimum absolute atomic E-state index is 0. The molecular weight excluding hydrogens is 203 g/mol. The first-order valence-electron chi connectivity index (χ1n) is 2.97. The van der Waals surface area contributed by atoms with Crippen LogP contribution >= 0.6 is 0 Å². The molecule has 0 fully saturated rings. The SMILES string of the molecule is COc1cccc(S(=O)[O-])c1.[K+]. The van der Waals surface area contributed by atoms with Crippen molar-refractivity contribution in [1.29, 1.82) is 0 Å². The first kappa shape index (κ1) is 12.8. The first-order chi connectivity index (χ1) is 5.24. The summed E-state index contributed by atoms with van der Waals surface area (Å²) in [6.07, 6.45) is 0. The van der Waals surface area contributed by atoms with Gasteiger partial charge in [-0.15, -0.1) is 0 Å². The number of methoxy groups -OCH3 is 1. The molecule has 1 unspecified atom stereocenters. The Hall–Kier alpha value is 0.766. The molecule has 1 aromatic rings. The van der Waals surface area contributed by atoms with Crippen molar-refractivity contribution < 1.29 is 64.9 Å². The van der Waals surface area contributed by atoms with Gasteiger partial charge in [0.2, 0.25) is 0 Å². The van der Waals surface area contributed by atoms with E-state index in [2.05, 4.69) is 0 Å². The smallest absolute Gasteiger partial charge is 0.768 e. The third-order valence-electron chi connectivity index (χ3n) is 1.23. The number of ether oxygens (including phenoxy) is 1. The number of hydrogen-bond donors (Lipinski definition) is 0. The summed E-state index contributed by atoms with van der Waals surface area (Å²) in [4.78, 5) is 0.240. The van der Waals surface area contributed by atoms with Crippen molar-refractivity contribution in [2.45, 2.75) is 4.90 Å². The van der Waals surface area contributed by atoms with Gasteiger partial charge in [0.25, 0.3) is 0 Å². The Morgan fingerprint density at radius 3 is 2.67 bits per heavy atom. The van der Waals surface area contributed by atoms with Gasteiger partial charge in [0, 0.05) is 4.90 Å². The van der Waals surface area contributed by atoms with Crippen LogP contribution in [0, 0.1) is 0 Å². The van der Waals surface area contributed by atoms with Gasteiger partial charge >= 0.3 is 51.4 Å². The molecule has 5 heteroatoms. The second kappa shape index (κ2) is 6.26. The van der Waals surface area contributed by atoms with Gasteiger partial charge in [-0.1, -0.05) is 6.07 Å². The minimum atomic E-state index is -2.17. The summed E-state index contributed by atoms with van der Waals surface area (Å²) in [7, 11) is 1.49. The molecule has 0 saturated heterocycles. The van der Waals surface area contributed by atoms with E-state index < -0.39 is 11.1 Å². The summed E-state index contributed by atoms with van der Waals surface area (Å²) in [5, 5.41) is 0. The third-order valence-corrected chi connectivity index (χ3v) is 1.87. The molecule has 1 aromatic carbocycles. The van der Waals surface area contributed by atoms with Crippen molar-refractivity contribution in [1.82, 2.24) is 0 Å². The molecule has 0 aliphatic carbocycles. The number of rotatable bonds is 2. The number of hydrogen-bond acceptors (Lipinski definition) is 3. The molecule has 0 heterocycles. The molecule has 3 nitrogen and oxygen atoms in total. The molecule has 0 amide bonds. The molecule has 0 aliphatic rings. The van der Waals surface area contributed by atoms with Crippen LogP contribution in [0.4, 0.5) is 0 Å². The Kier molecular flexibility index (Phi) is 6.65. The maximum absolute atomic E-state index is 10.4. The monoisotopic (exact) mass is 210 g/mol. The van der Waals surface area contributed by atoms with Crippen LogP contribution in [0.3, 0.4) is 0 Å². The van der Waals surface area contributed by atoms with E-state index in [1.54, 1.807) is 12.1 Å². The molecular formula is C7H7KO3S. The standard InChI is InChI=1S/C7H8O3S.K/c1-10-6-3-2-4-7(5-6)11(8)9;/h2-5H,1H3,(H,8,9);/q;+1/p-1. The van der Waals surface area contributed by atoms with Gasteiger partial charge < -0.3 is 9.29 Å². The fourth-order valence-electron chi connectivity index (χ4n) is 0.705. The summed E-state index contributed by atoms with van der Waals surface area (Å²) in [5.41, 5.74) is 0. The average molecular weight is 210 g/mol. The largest absolute Gasteiger partial charge is 1.00 e. The van der Waals surface area contributed by atoms with Crippen LogP contribution in [0.5, 0.6) is 5.75 Å². The zero-order valence-corrected chi connectivity index (χ0v) is 10.9. The Morgan fingerprint density at radius 1 is 1.50 bits per heavy atom. The van der Waals surface area contributed by atoms with E-state index in [0.29, 0.717) is 5.75 Å². The zero-order valence-electron chi connectivity index (χ0n) is 6.94. The van der Waals surface area contributed by atoms with Gasteiger partial charge in [-0.3, -0.25) is 4.21 Å². The second-order valence-electron chi connectivity index (χ2n) is 1.91. The summed E-state index contributed by atoms with van der Waals surface area (Å²) >= 11 is -2.17. The molecule has 0 aromatic heterocycles. The molecule has 60 valence electrons. The van der Waals surface area contributed by atoms with Crippen molar-refractivity contribution >= 4 is 11.1 Å². The van der Waals surface area contributed by atoms with Gasteiger partial charge in [0.1, 0.15) is 5.75 Å².